The average molecular weight is 272 g/mol. The lowest BCUT2D eigenvalue weighted by molar-refractivity contribution is -0.137. The fourth-order valence-corrected chi connectivity index (χ4v) is 3.24. The molecule has 1 saturated carbocycles. The summed E-state index contributed by atoms with van der Waals surface area (Å²) >= 11 is 0. The highest BCUT2D eigenvalue weighted by molar-refractivity contribution is 5.78. The summed E-state index contributed by atoms with van der Waals surface area (Å²) in [6.45, 7) is 0.00255. The quantitative estimate of drug-likeness (QED) is 0.929. The normalized spacial score (nSPS) is 16.6. The third kappa shape index (κ3) is 2.69. The molecule has 1 heterocycles. The minimum Gasteiger partial charge on any atom is -0.480 e. The molecule has 0 amide bonds. The van der Waals surface area contributed by atoms with Crippen molar-refractivity contribution in [1.29, 1.82) is 0 Å². The SMILES string of the molecule is O=C(O)Cn1c(CC2CCCCC2)nc2ccccc21. The minimum absolute atomic E-state index is 0.00255. The molecule has 1 N–H and O–H groups in total. The number of carboxylic acid groups (broad SMARTS) is 1. The number of para-hydroxylation sites is 2. The van der Waals surface area contributed by atoms with E-state index in [0.717, 1.165) is 23.3 Å². The van der Waals surface area contributed by atoms with Gasteiger partial charge in [0, 0.05) is 6.42 Å². The second kappa shape index (κ2) is 5.65. The Kier molecular flexibility index (Phi) is 3.72. The van der Waals surface area contributed by atoms with E-state index in [2.05, 4.69) is 4.98 Å². The topological polar surface area (TPSA) is 55.1 Å². The predicted octanol–water partition coefficient (Wildman–Crippen LogP) is 3.24. The highest BCUT2D eigenvalue weighted by atomic mass is 16.4. The second-order valence-electron chi connectivity index (χ2n) is 5.70. The number of benzene rings is 1. The van der Waals surface area contributed by atoms with Gasteiger partial charge in [-0.1, -0.05) is 44.2 Å². The molecule has 0 aliphatic heterocycles. The molecule has 0 spiro atoms. The number of carboxylic acids is 1. The Balaban J connectivity index is 1.93. The lowest BCUT2D eigenvalue weighted by Crippen LogP contribution is -2.16. The Bertz CT molecular complexity index is 612. The summed E-state index contributed by atoms with van der Waals surface area (Å²) in [5.74, 6) is 0.784. The summed E-state index contributed by atoms with van der Waals surface area (Å²) in [6, 6.07) is 7.80. The Morgan fingerprint density at radius 3 is 2.75 bits per heavy atom. The smallest absolute Gasteiger partial charge is 0.323 e. The second-order valence-corrected chi connectivity index (χ2v) is 5.70. The van der Waals surface area contributed by atoms with Crippen molar-refractivity contribution in [3.8, 4) is 0 Å². The fraction of sp³-hybridized carbons (Fsp3) is 0.500. The summed E-state index contributed by atoms with van der Waals surface area (Å²) in [7, 11) is 0. The van der Waals surface area contributed by atoms with E-state index < -0.39 is 5.97 Å². The standard InChI is InChI=1S/C16H20N2O2/c19-16(20)11-18-14-9-5-4-8-13(14)17-15(18)10-12-6-2-1-3-7-12/h4-5,8-9,12H,1-3,6-7,10-11H2,(H,19,20). The molecule has 1 aromatic carbocycles. The van der Waals surface area contributed by atoms with Crippen molar-refractivity contribution in [1.82, 2.24) is 9.55 Å². The van der Waals surface area contributed by atoms with E-state index in [4.69, 9.17) is 5.11 Å². The number of carbonyl (C=O) groups is 1. The highest BCUT2D eigenvalue weighted by Gasteiger charge is 2.19. The fourth-order valence-electron chi connectivity index (χ4n) is 3.24. The molecular formula is C16H20N2O2. The molecule has 0 saturated heterocycles. The zero-order chi connectivity index (χ0) is 13.9. The number of aliphatic carboxylic acids is 1. The molecule has 106 valence electrons. The predicted molar refractivity (Wildman–Crippen MR) is 77.6 cm³/mol. The van der Waals surface area contributed by atoms with Gasteiger partial charge in [0.25, 0.3) is 0 Å². The molecule has 1 aromatic heterocycles. The number of hydrogen-bond donors (Lipinski definition) is 1. The average Bonchev–Trinajstić information content (AvgIpc) is 2.78. The van der Waals surface area contributed by atoms with Gasteiger partial charge in [-0.05, 0) is 18.1 Å². The van der Waals surface area contributed by atoms with Crippen LogP contribution in [-0.4, -0.2) is 20.6 Å². The van der Waals surface area contributed by atoms with Gasteiger partial charge in [0.1, 0.15) is 12.4 Å². The van der Waals surface area contributed by atoms with E-state index in [1.807, 2.05) is 28.8 Å². The Morgan fingerprint density at radius 2 is 2.00 bits per heavy atom. The first-order valence-corrected chi connectivity index (χ1v) is 7.40. The summed E-state index contributed by atoms with van der Waals surface area (Å²) in [4.78, 5) is 15.8. The van der Waals surface area contributed by atoms with Crippen molar-refractivity contribution in [3.63, 3.8) is 0 Å². The summed E-state index contributed by atoms with van der Waals surface area (Å²) in [5, 5.41) is 9.13. The maximum Gasteiger partial charge on any atom is 0.323 e. The van der Waals surface area contributed by atoms with Crippen LogP contribution in [0.2, 0.25) is 0 Å². The minimum atomic E-state index is -0.807. The molecule has 0 atom stereocenters. The van der Waals surface area contributed by atoms with Gasteiger partial charge in [0.15, 0.2) is 0 Å². The molecule has 0 radical (unpaired) electrons. The van der Waals surface area contributed by atoms with Crippen LogP contribution in [0.1, 0.15) is 37.9 Å². The van der Waals surface area contributed by atoms with Gasteiger partial charge in [0.05, 0.1) is 11.0 Å². The lowest BCUT2D eigenvalue weighted by atomic mass is 9.87. The van der Waals surface area contributed by atoms with Gasteiger partial charge in [-0.3, -0.25) is 4.79 Å². The third-order valence-corrected chi connectivity index (χ3v) is 4.22. The Hall–Kier alpha value is -1.84. The van der Waals surface area contributed by atoms with Crippen LogP contribution in [0.4, 0.5) is 0 Å². The van der Waals surface area contributed by atoms with Crippen LogP contribution in [0.3, 0.4) is 0 Å². The van der Waals surface area contributed by atoms with Crippen molar-refractivity contribution in [3.05, 3.63) is 30.1 Å². The van der Waals surface area contributed by atoms with Gasteiger partial charge in [0.2, 0.25) is 0 Å². The maximum atomic E-state index is 11.1. The summed E-state index contributed by atoms with van der Waals surface area (Å²) < 4.78 is 1.87. The van der Waals surface area contributed by atoms with Crippen molar-refractivity contribution < 1.29 is 9.90 Å². The first-order valence-electron chi connectivity index (χ1n) is 7.40. The van der Waals surface area contributed by atoms with E-state index in [0.29, 0.717) is 5.92 Å². The molecule has 2 aromatic rings. The Labute approximate surface area is 118 Å². The third-order valence-electron chi connectivity index (χ3n) is 4.22. The van der Waals surface area contributed by atoms with Crippen LogP contribution in [-0.2, 0) is 17.8 Å². The maximum absolute atomic E-state index is 11.1. The van der Waals surface area contributed by atoms with Crippen molar-refractivity contribution in [2.45, 2.75) is 45.1 Å². The van der Waals surface area contributed by atoms with Crippen LogP contribution in [0.25, 0.3) is 11.0 Å². The van der Waals surface area contributed by atoms with E-state index in [9.17, 15) is 4.79 Å². The van der Waals surface area contributed by atoms with Crippen molar-refractivity contribution in [2.75, 3.05) is 0 Å². The summed E-state index contributed by atoms with van der Waals surface area (Å²) in [6.07, 6.45) is 7.32. The molecule has 1 aliphatic carbocycles. The van der Waals surface area contributed by atoms with Gasteiger partial charge in [-0.2, -0.15) is 0 Å². The van der Waals surface area contributed by atoms with Crippen LogP contribution in [0.15, 0.2) is 24.3 Å². The number of aromatic nitrogens is 2. The van der Waals surface area contributed by atoms with E-state index >= 15 is 0 Å². The molecule has 0 bridgehead atoms. The van der Waals surface area contributed by atoms with E-state index in [-0.39, 0.29) is 6.54 Å². The summed E-state index contributed by atoms with van der Waals surface area (Å²) in [5.41, 5.74) is 1.83. The molecule has 4 nitrogen and oxygen atoms in total. The number of hydrogen-bond acceptors (Lipinski definition) is 2. The number of fused-ring (bicyclic) bond motifs is 1. The molecule has 3 rings (SSSR count). The van der Waals surface area contributed by atoms with Gasteiger partial charge < -0.3 is 9.67 Å². The number of nitrogens with zero attached hydrogens (tertiary/aromatic N) is 2. The largest absolute Gasteiger partial charge is 0.480 e. The van der Waals surface area contributed by atoms with Crippen LogP contribution in [0, 0.1) is 5.92 Å². The Morgan fingerprint density at radius 1 is 1.25 bits per heavy atom. The first kappa shape index (κ1) is 13.2. The number of rotatable bonds is 4. The number of imidazole rings is 1. The molecule has 1 aliphatic rings. The van der Waals surface area contributed by atoms with Crippen molar-refractivity contribution >= 4 is 17.0 Å². The van der Waals surface area contributed by atoms with Crippen LogP contribution >= 0.6 is 0 Å². The van der Waals surface area contributed by atoms with Crippen LogP contribution < -0.4 is 0 Å². The monoisotopic (exact) mass is 272 g/mol. The molecule has 0 unspecified atom stereocenters. The molecule has 20 heavy (non-hydrogen) atoms. The van der Waals surface area contributed by atoms with Gasteiger partial charge in [-0.25, -0.2) is 4.98 Å². The van der Waals surface area contributed by atoms with E-state index in [1.54, 1.807) is 0 Å². The van der Waals surface area contributed by atoms with Crippen LogP contribution in [0.5, 0.6) is 0 Å². The van der Waals surface area contributed by atoms with Crippen molar-refractivity contribution in [2.24, 2.45) is 5.92 Å². The molecule has 4 heteroatoms. The van der Waals surface area contributed by atoms with Gasteiger partial charge >= 0.3 is 5.97 Å². The lowest BCUT2D eigenvalue weighted by Gasteiger charge is -2.21. The zero-order valence-corrected chi connectivity index (χ0v) is 11.6. The first-order chi connectivity index (χ1) is 9.74. The molecular weight excluding hydrogens is 252 g/mol. The van der Waals surface area contributed by atoms with Gasteiger partial charge in [-0.15, -0.1) is 0 Å². The zero-order valence-electron chi connectivity index (χ0n) is 11.6. The highest BCUT2D eigenvalue weighted by Crippen LogP contribution is 2.28. The molecule has 1 fully saturated rings. The van der Waals surface area contributed by atoms with E-state index in [1.165, 1.54) is 32.1 Å².